The highest BCUT2D eigenvalue weighted by Crippen LogP contribution is 2.12. The Morgan fingerprint density at radius 2 is 2.33 bits per heavy atom. The largest absolute Gasteiger partial charge is 0.301 e. The average Bonchev–Trinajstić information content (AvgIpc) is 2.32. The number of rotatable bonds is 3. The van der Waals surface area contributed by atoms with E-state index in [9.17, 15) is 0 Å². The van der Waals surface area contributed by atoms with Crippen molar-refractivity contribution < 1.29 is 0 Å². The molecule has 0 spiro atoms. The summed E-state index contributed by atoms with van der Waals surface area (Å²) in [5.74, 6) is 1.94. The van der Waals surface area contributed by atoms with Gasteiger partial charge >= 0.3 is 0 Å². The first-order chi connectivity index (χ1) is 5.66. The van der Waals surface area contributed by atoms with Gasteiger partial charge in [-0.25, -0.2) is 0 Å². The Hall–Kier alpha value is -0.290. The van der Waals surface area contributed by atoms with E-state index in [2.05, 4.69) is 30.3 Å². The van der Waals surface area contributed by atoms with Crippen LogP contribution in [0.1, 0.15) is 25.7 Å². The van der Waals surface area contributed by atoms with Crippen LogP contribution < -0.4 is 0 Å². The molecule has 0 atom stereocenters. The van der Waals surface area contributed by atoms with E-state index in [0.29, 0.717) is 10.8 Å². The first-order valence-electron chi connectivity index (χ1n) is 3.81. The van der Waals surface area contributed by atoms with Crippen LogP contribution in [-0.2, 0) is 5.75 Å². The smallest absolute Gasteiger partial charge is 0.195 e. The molecule has 0 amide bonds. The zero-order chi connectivity index (χ0) is 9.14. The molecule has 0 aliphatic heterocycles. The SMILES string of the molecule is CSCc1n[nH]c(=S)n1C(C)C. The standard InChI is InChI=1S/C7H13N3S2/c1-5(2)10-6(4-12-3)8-9-7(10)11/h5H,4H2,1-3H3,(H,9,11). The number of hydrogen-bond acceptors (Lipinski definition) is 3. The van der Waals surface area contributed by atoms with E-state index in [-0.39, 0.29) is 0 Å². The summed E-state index contributed by atoms with van der Waals surface area (Å²) in [4.78, 5) is 0. The van der Waals surface area contributed by atoms with E-state index < -0.39 is 0 Å². The van der Waals surface area contributed by atoms with E-state index in [4.69, 9.17) is 12.2 Å². The van der Waals surface area contributed by atoms with Crippen LogP contribution in [0.15, 0.2) is 0 Å². The molecule has 0 aliphatic carbocycles. The number of aromatic amines is 1. The second-order valence-electron chi connectivity index (χ2n) is 2.84. The van der Waals surface area contributed by atoms with Gasteiger partial charge in [0.2, 0.25) is 0 Å². The highest BCUT2D eigenvalue weighted by Gasteiger charge is 2.07. The minimum absolute atomic E-state index is 0.387. The fourth-order valence-corrected chi connectivity index (χ4v) is 1.92. The lowest BCUT2D eigenvalue weighted by molar-refractivity contribution is 0.573. The Bertz CT molecular complexity index is 300. The lowest BCUT2D eigenvalue weighted by Gasteiger charge is -2.08. The summed E-state index contributed by atoms with van der Waals surface area (Å²) >= 11 is 6.85. The van der Waals surface area contributed by atoms with E-state index in [1.165, 1.54) is 0 Å². The predicted octanol–water partition coefficient (Wildman–Crippen LogP) is 2.38. The van der Waals surface area contributed by atoms with Gasteiger partial charge in [-0.05, 0) is 32.3 Å². The molecular weight excluding hydrogens is 190 g/mol. The lowest BCUT2D eigenvalue weighted by atomic mass is 10.4. The maximum Gasteiger partial charge on any atom is 0.195 e. The van der Waals surface area contributed by atoms with E-state index >= 15 is 0 Å². The van der Waals surface area contributed by atoms with Crippen LogP contribution in [0.5, 0.6) is 0 Å². The van der Waals surface area contributed by atoms with Crippen molar-refractivity contribution in [1.29, 1.82) is 0 Å². The minimum atomic E-state index is 0.387. The Kier molecular flexibility index (Phi) is 3.34. The van der Waals surface area contributed by atoms with Crippen LogP contribution >= 0.6 is 24.0 Å². The first-order valence-corrected chi connectivity index (χ1v) is 5.61. The molecule has 0 saturated heterocycles. The molecule has 68 valence electrons. The van der Waals surface area contributed by atoms with Gasteiger partial charge in [0.1, 0.15) is 5.82 Å². The van der Waals surface area contributed by atoms with Gasteiger partial charge in [-0.3, -0.25) is 5.10 Å². The van der Waals surface area contributed by atoms with Crippen molar-refractivity contribution in [1.82, 2.24) is 14.8 Å². The fraction of sp³-hybridized carbons (Fsp3) is 0.714. The van der Waals surface area contributed by atoms with Gasteiger partial charge in [0.15, 0.2) is 4.77 Å². The molecule has 3 nitrogen and oxygen atoms in total. The zero-order valence-electron chi connectivity index (χ0n) is 7.50. The molecule has 0 aromatic carbocycles. The number of nitrogens with zero attached hydrogens (tertiary/aromatic N) is 2. The van der Waals surface area contributed by atoms with Crippen molar-refractivity contribution in [2.45, 2.75) is 25.6 Å². The van der Waals surface area contributed by atoms with Crippen LogP contribution in [0.3, 0.4) is 0 Å². The highest BCUT2D eigenvalue weighted by molar-refractivity contribution is 7.97. The quantitative estimate of drug-likeness (QED) is 0.766. The van der Waals surface area contributed by atoms with E-state index in [1.54, 1.807) is 11.8 Å². The molecule has 0 saturated carbocycles. The molecule has 1 heterocycles. The van der Waals surface area contributed by atoms with Crippen LogP contribution in [0, 0.1) is 4.77 Å². The molecule has 1 aromatic heterocycles. The van der Waals surface area contributed by atoms with Crippen molar-refractivity contribution >= 4 is 24.0 Å². The summed E-state index contributed by atoms with van der Waals surface area (Å²) in [5, 5.41) is 6.96. The third-order valence-electron chi connectivity index (χ3n) is 1.57. The maximum atomic E-state index is 5.10. The Labute approximate surface area is 81.6 Å². The summed E-state index contributed by atoms with van der Waals surface area (Å²) in [5.41, 5.74) is 0. The number of thioether (sulfide) groups is 1. The third kappa shape index (κ3) is 1.90. The summed E-state index contributed by atoms with van der Waals surface area (Å²) in [6, 6.07) is 0.387. The molecule has 0 fully saturated rings. The Balaban J connectivity index is 3.04. The van der Waals surface area contributed by atoms with Gasteiger partial charge in [0.25, 0.3) is 0 Å². The molecule has 0 aliphatic rings. The first kappa shape index (κ1) is 9.80. The fourth-order valence-electron chi connectivity index (χ4n) is 1.10. The normalized spacial score (nSPS) is 11.0. The maximum absolute atomic E-state index is 5.10. The molecule has 0 bridgehead atoms. The third-order valence-corrected chi connectivity index (χ3v) is 2.40. The summed E-state index contributed by atoms with van der Waals surface area (Å²) in [6.45, 7) is 4.21. The van der Waals surface area contributed by atoms with Crippen molar-refractivity contribution in [2.24, 2.45) is 0 Å². The number of hydrogen-bond donors (Lipinski definition) is 1. The molecular formula is C7H13N3S2. The molecule has 1 aromatic rings. The number of H-pyrrole nitrogens is 1. The topological polar surface area (TPSA) is 33.6 Å². The zero-order valence-corrected chi connectivity index (χ0v) is 9.13. The number of nitrogens with one attached hydrogen (secondary N) is 1. The predicted molar refractivity (Wildman–Crippen MR) is 55.0 cm³/mol. The monoisotopic (exact) mass is 203 g/mol. The Morgan fingerprint density at radius 3 is 2.83 bits per heavy atom. The second kappa shape index (κ2) is 4.09. The average molecular weight is 203 g/mol. The van der Waals surface area contributed by atoms with Crippen molar-refractivity contribution in [3.63, 3.8) is 0 Å². The van der Waals surface area contributed by atoms with Crippen LogP contribution in [0.4, 0.5) is 0 Å². The molecule has 0 radical (unpaired) electrons. The van der Waals surface area contributed by atoms with Gasteiger partial charge in [0.05, 0.1) is 5.75 Å². The molecule has 12 heavy (non-hydrogen) atoms. The van der Waals surface area contributed by atoms with Crippen molar-refractivity contribution in [3.8, 4) is 0 Å². The van der Waals surface area contributed by atoms with E-state index in [0.717, 1.165) is 11.6 Å². The molecule has 0 unspecified atom stereocenters. The van der Waals surface area contributed by atoms with Crippen LogP contribution in [0.25, 0.3) is 0 Å². The second-order valence-corrected chi connectivity index (χ2v) is 4.09. The van der Waals surface area contributed by atoms with Crippen molar-refractivity contribution in [2.75, 3.05) is 6.26 Å². The van der Waals surface area contributed by atoms with Crippen LogP contribution in [0.2, 0.25) is 0 Å². The van der Waals surface area contributed by atoms with Gasteiger partial charge in [0, 0.05) is 6.04 Å². The minimum Gasteiger partial charge on any atom is -0.301 e. The van der Waals surface area contributed by atoms with Gasteiger partial charge in [-0.1, -0.05) is 0 Å². The molecule has 1 rings (SSSR count). The Morgan fingerprint density at radius 1 is 1.67 bits per heavy atom. The summed E-state index contributed by atoms with van der Waals surface area (Å²) in [7, 11) is 0. The number of aromatic nitrogens is 3. The highest BCUT2D eigenvalue weighted by atomic mass is 32.2. The summed E-state index contributed by atoms with van der Waals surface area (Å²) < 4.78 is 2.76. The molecule has 1 N–H and O–H groups in total. The van der Waals surface area contributed by atoms with Gasteiger partial charge < -0.3 is 4.57 Å². The van der Waals surface area contributed by atoms with E-state index in [1.807, 2.05) is 4.57 Å². The van der Waals surface area contributed by atoms with Crippen LogP contribution in [-0.4, -0.2) is 21.0 Å². The summed E-state index contributed by atoms with van der Waals surface area (Å²) in [6.07, 6.45) is 2.06. The lowest BCUT2D eigenvalue weighted by Crippen LogP contribution is -2.05. The van der Waals surface area contributed by atoms with Crippen molar-refractivity contribution in [3.05, 3.63) is 10.6 Å². The van der Waals surface area contributed by atoms with Gasteiger partial charge in [-0.2, -0.15) is 16.9 Å². The molecule has 5 heteroatoms. The van der Waals surface area contributed by atoms with Gasteiger partial charge in [-0.15, -0.1) is 0 Å².